The van der Waals surface area contributed by atoms with Crippen molar-refractivity contribution in [2.24, 2.45) is 0 Å². The lowest BCUT2D eigenvalue weighted by atomic mass is 10.1. The summed E-state index contributed by atoms with van der Waals surface area (Å²) >= 11 is 2.28. The highest BCUT2D eigenvalue weighted by Crippen LogP contribution is 2.37. The van der Waals surface area contributed by atoms with Crippen molar-refractivity contribution in [1.82, 2.24) is 0 Å². The van der Waals surface area contributed by atoms with Gasteiger partial charge < -0.3 is 9.53 Å². The third kappa shape index (κ3) is 4.33. The molecule has 0 radical (unpaired) electrons. The maximum atomic E-state index is 9.21. The van der Waals surface area contributed by atoms with Crippen LogP contribution in [0.25, 0.3) is 0 Å². The molecule has 0 aliphatic heterocycles. The zero-order valence-electron chi connectivity index (χ0n) is 11.9. The molecule has 2 nitrogen and oxygen atoms in total. The Balaban J connectivity index is 2.78. The maximum absolute atomic E-state index is 9.21. The lowest BCUT2D eigenvalue weighted by molar-refractivity contribution is 0.272. The highest BCUT2D eigenvalue weighted by atomic mass is 127. The molecule has 0 aromatic heterocycles. The van der Waals surface area contributed by atoms with Gasteiger partial charge in [-0.15, -0.1) is 0 Å². The van der Waals surface area contributed by atoms with Gasteiger partial charge in [0.1, 0.15) is 0 Å². The van der Waals surface area contributed by atoms with E-state index in [4.69, 9.17) is 4.43 Å². The largest absolute Gasteiger partial charge is 0.413 e. The van der Waals surface area contributed by atoms with Gasteiger partial charge in [0, 0.05) is 3.57 Å². The van der Waals surface area contributed by atoms with Crippen molar-refractivity contribution in [3.05, 3.63) is 32.9 Å². The van der Waals surface area contributed by atoms with E-state index in [-0.39, 0.29) is 11.6 Å². The monoisotopic (exact) mass is 378 g/mol. The molecule has 0 heterocycles. The highest BCUT2D eigenvalue weighted by Gasteiger charge is 2.36. The molecular weight excluding hydrogens is 355 g/mol. The molecule has 0 saturated heterocycles. The molecule has 0 atom stereocenters. The average molecular weight is 378 g/mol. The summed E-state index contributed by atoms with van der Waals surface area (Å²) in [5, 5.41) is 9.44. The molecule has 0 saturated carbocycles. The van der Waals surface area contributed by atoms with E-state index in [1.54, 1.807) is 0 Å². The minimum Gasteiger partial charge on any atom is -0.413 e. The first kappa shape index (κ1) is 16.1. The number of hydrogen-bond acceptors (Lipinski definition) is 2. The molecule has 0 spiro atoms. The molecule has 0 amide bonds. The predicted molar refractivity (Wildman–Crippen MR) is 87.1 cm³/mol. The van der Waals surface area contributed by atoms with Crippen LogP contribution in [0.15, 0.2) is 18.2 Å². The van der Waals surface area contributed by atoms with Crippen molar-refractivity contribution in [3.8, 4) is 0 Å². The van der Waals surface area contributed by atoms with Crippen molar-refractivity contribution in [2.75, 3.05) is 0 Å². The van der Waals surface area contributed by atoms with E-state index >= 15 is 0 Å². The van der Waals surface area contributed by atoms with E-state index in [2.05, 4.69) is 62.5 Å². The number of rotatable bonds is 4. The molecule has 0 unspecified atom stereocenters. The topological polar surface area (TPSA) is 29.5 Å². The quantitative estimate of drug-likeness (QED) is 0.625. The van der Waals surface area contributed by atoms with Gasteiger partial charge in [0.15, 0.2) is 8.32 Å². The minimum atomic E-state index is -1.70. The lowest BCUT2D eigenvalue weighted by Gasteiger charge is -2.36. The van der Waals surface area contributed by atoms with Gasteiger partial charge in [-0.1, -0.05) is 26.8 Å². The van der Waals surface area contributed by atoms with Crippen molar-refractivity contribution in [1.29, 1.82) is 0 Å². The Kier molecular flexibility index (Phi) is 5.40. The second-order valence-corrected chi connectivity index (χ2v) is 12.2. The first-order valence-corrected chi connectivity index (χ1v) is 10.2. The number of halogens is 1. The molecule has 0 aliphatic rings. The van der Waals surface area contributed by atoms with Gasteiger partial charge in [-0.3, -0.25) is 0 Å². The molecule has 102 valence electrons. The summed E-state index contributed by atoms with van der Waals surface area (Å²) in [6.45, 7) is 12.0. The van der Waals surface area contributed by atoms with Crippen molar-refractivity contribution < 1.29 is 9.53 Å². The van der Waals surface area contributed by atoms with Crippen molar-refractivity contribution in [3.63, 3.8) is 0 Å². The summed E-state index contributed by atoms with van der Waals surface area (Å²) in [7, 11) is -1.70. The molecule has 0 fully saturated rings. The Bertz CT molecular complexity index is 411. The van der Waals surface area contributed by atoms with Gasteiger partial charge in [0.05, 0.1) is 13.2 Å². The number of hydrogen-bond donors (Lipinski definition) is 1. The van der Waals surface area contributed by atoms with Gasteiger partial charge in [0.2, 0.25) is 0 Å². The van der Waals surface area contributed by atoms with E-state index < -0.39 is 8.32 Å². The number of benzene rings is 1. The summed E-state index contributed by atoms with van der Waals surface area (Å²) in [6.07, 6.45) is 0. The molecule has 1 rings (SSSR count). The second-order valence-electron chi connectivity index (χ2n) is 6.17. The Morgan fingerprint density at radius 2 is 1.72 bits per heavy atom. The highest BCUT2D eigenvalue weighted by molar-refractivity contribution is 14.1. The molecule has 1 aromatic carbocycles. The fourth-order valence-corrected chi connectivity index (χ4v) is 3.13. The van der Waals surface area contributed by atoms with E-state index in [0.717, 1.165) is 14.7 Å². The smallest absolute Gasteiger partial charge is 0.192 e. The minimum absolute atomic E-state index is 0.0872. The van der Waals surface area contributed by atoms with Crippen molar-refractivity contribution in [2.45, 2.75) is 52.1 Å². The zero-order chi connectivity index (χ0) is 14.0. The molecule has 1 aromatic rings. The van der Waals surface area contributed by atoms with Gasteiger partial charge >= 0.3 is 0 Å². The van der Waals surface area contributed by atoms with E-state index in [1.165, 1.54) is 0 Å². The Morgan fingerprint density at radius 3 is 2.22 bits per heavy atom. The summed E-state index contributed by atoms with van der Waals surface area (Å²) in [6, 6.07) is 6.14. The van der Waals surface area contributed by atoms with Crippen LogP contribution in [-0.2, 0) is 17.6 Å². The zero-order valence-corrected chi connectivity index (χ0v) is 15.0. The first-order chi connectivity index (χ1) is 8.15. The van der Waals surface area contributed by atoms with Crippen LogP contribution in [0.2, 0.25) is 18.1 Å². The van der Waals surface area contributed by atoms with Gasteiger partial charge in [-0.2, -0.15) is 0 Å². The van der Waals surface area contributed by atoms with Gasteiger partial charge in [-0.25, -0.2) is 0 Å². The van der Waals surface area contributed by atoms with Gasteiger partial charge in [0.25, 0.3) is 0 Å². The molecule has 18 heavy (non-hydrogen) atoms. The lowest BCUT2D eigenvalue weighted by Crippen LogP contribution is -2.40. The van der Waals surface area contributed by atoms with Crippen LogP contribution in [-0.4, -0.2) is 13.4 Å². The van der Waals surface area contributed by atoms with Crippen LogP contribution in [0, 0.1) is 3.57 Å². The van der Waals surface area contributed by atoms with Crippen LogP contribution < -0.4 is 0 Å². The summed E-state index contributed by atoms with van der Waals surface area (Å²) < 4.78 is 7.33. The molecule has 4 heteroatoms. The fraction of sp³-hybridized carbons (Fsp3) is 0.571. The van der Waals surface area contributed by atoms with E-state index in [0.29, 0.717) is 6.61 Å². The predicted octanol–water partition coefficient (Wildman–Crippen LogP) is 4.31. The fourth-order valence-electron chi connectivity index (χ4n) is 1.37. The molecule has 1 N–H and O–H groups in total. The average Bonchev–Trinajstić information content (AvgIpc) is 2.24. The van der Waals surface area contributed by atoms with Crippen LogP contribution in [0.4, 0.5) is 0 Å². The third-order valence-corrected chi connectivity index (χ3v) is 8.71. The van der Waals surface area contributed by atoms with Crippen LogP contribution in [0.3, 0.4) is 0 Å². The molecular formula is C14H23IO2Si. The molecule has 0 bridgehead atoms. The van der Waals surface area contributed by atoms with E-state index in [1.807, 2.05) is 12.1 Å². The number of aliphatic hydroxyl groups is 1. The Morgan fingerprint density at radius 1 is 1.17 bits per heavy atom. The maximum Gasteiger partial charge on any atom is 0.192 e. The Hall–Kier alpha value is 0.0869. The standard InChI is InChI=1S/C14H23IO2Si/c1-14(2,3)18(4,5)17-10-12-6-11(9-16)7-13(15)8-12/h6-8,16H,9-10H2,1-5H3. The first-order valence-electron chi connectivity index (χ1n) is 6.19. The van der Waals surface area contributed by atoms with Crippen molar-refractivity contribution >= 4 is 30.9 Å². The van der Waals surface area contributed by atoms with Crippen LogP contribution in [0.1, 0.15) is 31.9 Å². The second kappa shape index (κ2) is 6.03. The van der Waals surface area contributed by atoms with Crippen LogP contribution in [0.5, 0.6) is 0 Å². The van der Waals surface area contributed by atoms with E-state index in [9.17, 15) is 5.11 Å². The molecule has 0 aliphatic carbocycles. The SMILES string of the molecule is CC(C)(C)[Si](C)(C)OCc1cc(I)cc(CO)c1. The number of aliphatic hydroxyl groups excluding tert-OH is 1. The summed E-state index contributed by atoms with van der Waals surface area (Å²) in [5.74, 6) is 0. The summed E-state index contributed by atoms with van der Waals surface area (Å²) in [5.41, 5.74) is 2.10. The Labute approximate surface area is 125 Å². The normalized spacial score (nSPS) is 12.8. The summed E-state index contributed by atoms with van der Waals surface area (Å²) in [4.78, 5) is 0. The van der Waals surface area contributed by atoms with Crippen LogP contribution >= 0.6 is 22.6 Å². The van der Waals surface area contributed by atoms with Gasteiger partial charge in [-0.05, 0) is 64.0 Å². The third-order valence-electron chi connectivity index (χ3n) is 3.61.